The summed E-state index contributed by atoms with van der Waals surface area (Å²) in [6.07, 6.45) is 0. The molecule has 0 aliphatic rings. The second-order valence-electron chi connectivity index (χ2n) is 5.88. The molecule has 0 spiro atoms. The monoisotopic (exact) mass is 434 g/mol. The molecular weight excluding hydrogens is 419 g/mol. The molecule has 0 unspecified atom stereocenters. The molecule has 9 heteroatoms. The Balaban J connectivity index is 1.92. The van der Waals surface area contributed by atoms with Gasteiger partial charge < -0.3 is 10.1 Å². The molecule has 0 fully saturated rings. The van der Waals surface area contributed by atoms with Gasteiger partial charge in [0.15, 0.2) is 0 Å². The molecule has 0 aliphatic heterocycles. The number of halogens is 2. The molecule has 3 rings (SSSR count). The zero-order valence-electron chi connectivity index (χ0n) is 15.1. The molecule has 0 heterocycles. The lowest BCUT2D eigenvalue weighted by Crippen LogP contribution is -2.19. The highest BCUT2D eigenvalue weighted by molar-refractivity contribution is 7.92. The summed E-state index contributed by atoms with van der Waals surface area (Å²) in [5.41, 5.74) is 0.465. The van der Waals surface area contributed by atoms with E-state index in [-0.39, 0.29) is 16.3 Å². The minimum atomic E-state index is -4.29. The Morgan fingerprint density at radius 2 is 1.66 bits per heavy atom. The molecular formula is C20H16ClFN2O4S. The Hall–Kier alpha value is -3.10. The van der Waals surface area contributed by atoms with Crippen molar-refractivity contribution in [2.45, 2.75) is 4.90 Å². The zero-order valence-corrected chi connectivity index (χ0v) is 16.7. The van der Waals surface area contributed by atoms with E-state index in [1.54, 1.807) is 36.4 Å². The summed E-state index contributed by atoms with van der Waals surface area (Å²) >= 11 is 5.68. The van der Waals surface area contributed by atoms with Crippen molar-refractivity contribution in [3.63, 3.8) is 0 Å². The fraction of sp³-hybridized carbons (Fsp3) is 0.0500. The molecule has 0 atom stereocenters. The van der Waals surface area contributed by atoms with Crippen LogP contribution in [0.15, 0.2) is 71.6 Å². The average Bonchev–Trinajstić information content (AvgIpc) is 2.68. The number of hydrogen-bond donors (Lipinski definition) is 2. The SMILES string of the molecule is COc1ccccc1NC(=O)c1ccccc1NS(=O)(=O)c1ccc(Cl)cc1F. The molecule has 0 aromatic heterocycles. The second-order valence-corrected chi connectivity index (χ2v) is 7.97. The number of methoxy groups -OCH3 is 1. The van der Waals surface area contributed by atoms with Gasteiger partial charge >= 0.3 is 0 Å². The molecule has 3 aromatic carbocycles. The summed E-state index contributed by atoms with van der Waals surface area (Å²) in [6.45, 7) is 0. The summed E-state index contributed by atoms with van der Waals surface area (Å²) < 4.78 is 46.8. The fourth-order valence-corrected chi connectivity index (χ4v) is 3.90. The number of benzene rings is 3. The van der Waals surface area contributed by atoms with Crippen LogP contribution in [0.2, 0.25) is 5.02 Å². The van der Waals surface area contributed by atoms with Crippen molar-refractivity contribution in [1.29, 1.82) is 0 Å². The molecule has 150 valence electrons. The highest BCUT2D eigenvalue weighted by atomic mass is 35.5. The molecule has 3 aromatic rings. The smallest absolute Gasteiger partial charge is 0.264 e. The van der Waals surface area contributed by atoms with E-state index in [9.17, 15) is 17.6 Å². The Kier molecular flexibility index (Phi) is 6.05. The van der Waals surface area contributed by atoms with Gasteiger partial charge in [0.25, 0.3) is 15.9 Å². The standard InChI is InChI=1S/C20H16ClFN2O4S/c1-28-18-9-5-4-8-17(18)23-20(25)14-6-2-3-7-16(14)24-29(26,27)19-11-10-13(21)12-15(19)22/h2-12,24H,1H3,(H,23,25). The van der Waals surface area contributed by atoms with Crippen LogP contribution in [-0.2, 0) is 10.0 Å². The third-order valence-corrected chi connectivity index (χ3v) is 5.59. The summed E-state index contributed by atoms with van der Waals surface area (Å²) in [7, 11) is -2.82. The Bertz CT molecular complexity index is 1170. The van der Waals surface area contributed by atoms with Crippen LogP contribution in [-0.4, -0.2) is 21.4 Å². The van der Waals surface area contributed by atoms with E-state index < -0.39 is 26.6 Å². The van der Waals surface area contributed by atoms with Crippen molar-refractivity contribution in [2.24, 2.45) is 0 Å². The van der Waals surface area contributed by atoms with Gasteiger partial charge in [0.1, 0.15) is 16.5 Å². The van der Waals surface area contributed by atoms with E-state index in [1.165, 1.54) is 25.3 Å². The van der Waals surface area contributed by atoms with E-state index in [4.69, 9.17) is 16.3 Å². The van der Waals surface area contributed by atoms with Crippen LogP contribution in [0.1, 0.15) is 10.4 Å². The van der Waals surface area contributed by atoms with Gasteiger partial charge in [0, 0.05) is 5.02 Å². The maximum atomic E-state index is 14.1. The summed E-state index contributed by atoms with van der Waals surface area (Å²) in [5.74, 6) is -1.12. The number of hydrogen-bond acceptors (Lipinski definition) is 4. The van der Waals surface area contributed by atoms with Gasteiger partial charge in [-0.2, -0.15) is 0 Å². The van der Waals surface area contributed by atoms with Crippen LogP contribution in [0, 0.1) is 5.82 Å². The van der Waals surface area contributed by atoms with E-state index >= 15 is 0 Å². The van der Waals surface area contributed by atoms with Crippen molar-refractivity contribution in [3.05, 3.63) is 83.1 Å². The normalized spacial score (nSPS) is 11.0. The Morgan fingerprint density at radius 3 is 2.34 bits per heavy atom. The number of carbonyl (C=O) groups excluding carboxylic acids is 1. The third kappa shape index (κ3) is 4.67. The van der Waals surface area contributed by atoms with Crippen LogP contribution in [0.25, 0.3) is 0 Å². The molecule has 0 saturated carbocycles. The fourth-order valence-electron chi connectivity index (χ4n) is 2.60. The minimum Gasteiger partial charge on any atom is -0.495 e. The third-order valence-electron chi connectivity index (χ3n) is 3.95. The van der Waals surface area contributed by atoms with Crippen molar-refractivity contribution in [2.75, 3.05) is 17.1 Å². The molecule has 6 nitrogen and oxygen atoms in total. The second kappa shape index (κ2) is 8.50. The first-order valence-corrected chi connectivity index (χ1v) is 10.2. The van der Waals surface area contributed by atoms with Gasteiger partial charge in [-0.25, -0.2) is 12.8 Å². The lowest BCUT2D eigenvalue weighted by molar-refractivity contribution is 0.102. The van der Waals surface area contributed by atoms with Crippen LogP contribution >= 0.6 is 11.6 Å². The van der Waals surface area contributed by atoms with E-state index in [0.29, 0.717) is 11.4 Å². The summed E-state index contributed by atoms with van der Waals surface area (Å²) in [4.78, 5) is 12.2. The van der Waals surface area contributed by atoms with Crippen molar-refractivity contribution in [3.8, 4) is 5.75 Å². The van der Waals surface area contributed by atoms with Crippen molar-refractivity contribution in [1.82, 2.24) is 0 Å². The number of carbonyl (C=O) groups is 1. The largest absolute Gasteiger partial charge is 0.495 e. The summed E-state index contributed by atoms with van der Waals surface area (Å²) in [5, 5.41) is 2.74. The number of nitrogens with one attached hydrogen (secondary N) is 2. The topological polar surface area (TPSA) is 84.5 Å². The van der Waals surface area contributed by atoms with Gasteiger partial charge in [0.2, 0.25) is 0 Å². The summed E-state index contributed by atoms with van der Waals surface area (Å²) in [6, 6.07) is 16.0. The number of amides is 1. The van der Waals surface area contributed by atoms with Gasteiger partial charge in [-0.15, -0.1) is 0 Å². The van der Waals surface area contributed by atoms with Crippen molar-refractivity contribution < 1.29 is 22.3 Å². The van der Waals surface area contributed by atoms with Gasteiger partial charge in [-0.05, 0) is 42.5 Å². The number of sulfonamides is 1. The van der Waals surface area contributed by atoms with E-state index in [2.05, 4.69) is 10.0 Å². The highest BCUT2D eigenvalue weighted by Crippen LogP contribution is 2.27. The lowest BCUT2D eigenvalue weighted by Gasteiger charge is -2.14. The quantitative estimate of drug-likeness (QED) is 0.596. The number of ether oxygens (including phenoxy) is 1. The van der Waals surface area contributed by atoms with E-state index in [0.717, 1.165) is 12.1 Å². The Morgan fingerprint density at radius 1 is 1.00 bits per heavy atom. The lowest BCUT2D eigenvalue weighted by atomic mass is 10.1. The maximum Gasteiger partial charge on any atom is 0.264 e. The molecule has 0 aliphatic carbocycles. The predicted octanol–water partition coefficient (Wildman–Crippen LogP) is 4.54. The van der Waals surface area contributed by atoms with Crippen LogP contribution in [0.4, 0.5) is 15.8 Å². The first-order valence-electron chi connectivity index (χ1n) is 8.33. The molecule has 0 bridgehead atoms. The van der Waals surface area contributed by atoms with Gasteiger partial charge in [0.05, 0.1) is 24.0 Å². The molecule has 1 amide bonds. The van der Waals surface area contributed by atoms with Crippen LogP contribution in [0.3, 0.4) is 0 Å². The predicted molar refractivity (Wildman–Crippen MR) is 110 cm³/mol. The van der Waals surface area contributed by atoms with Gasteiger partial charge in [-0.1, -0.05) is 35.9 Å². The molecule has 2 N–H and O–H groups in total. The van der Waals surface area contributed by atoms with Gasteiger partial charge in [-0.3, -0.25) is 9.52 Å². The molecule has 0 radical (unpaired) electrons. The molecule has 29 heavy (non-hydrogen) atoms. The zero-order chi connectivity index (χ0) is 21.0. The maximum absolute atomic E-state index is 14.1. The number of rotatable bonds is 6. The number of para-hydroxylation sites is 3. The Labute approximate surface area is 172 Å². The first kappa shape index (κ1) is 20.6. The average molecular weight is 435 g/mol. The van der Waals surface area contributed by atoms with E-state index in [1.807, 2.05) is 0 Å². The molecule has 0 saturated heterocycles. The van der Waals surface area contributed by atoms with Crippen LogP contribution < -0.4 is 14.8 Å². The van der Waals surface area contributed by atoms with Crippen molar-refractivity contribution >= 4 is 38.9 Å². The first-order chi connectivity index (χ1) is 13.8. The minimum absolute atomic E-state index is 0.00533. The van der Waals surface area contributed by atoms with Crippen LogP contribution in [0.5, 0.6) is 5.75 Å². The number of anilines is 2. The highest BCUT2D eigenvalue weighted by Gasteiger charge is 2.22.